The minimum Gasteiger partial charge on any atom is -0.510 e. The van der Waals surface area contributed by atoms with Crippen LogP contribution in [0, 0.1) is 17.7 Å². The number of rotatable bonds is 4. The zero-order chi connectivity index (χ0) is 26.9. The second-order valence-corrected chi connectivity index (χ2v) is 9.60. The van der Waals surface area contributed by atoms with Gasteiger partial charge in [0.2, 0.25) is 11.7 Å². The second kappa shape index (κ2) is 8.42. The van der Waals surface area contributed by atoms with Crippen LogP contribution >= 0.6 is 0 Å². The van der Waals surface area contributed by atoms with Crippen LogP contribution in [0.4, 0.5) is 4.39 Å². The van der Waals surface area contributed by atoms with E-state index in [0.717, 1.165) is 6.07 Å². The normalized spacial score (nSPS) is 27.6. The van der Waals surface area contributed by atoms with E-state index in [-0.39, 0.29) is 36.1 Å². The maximum atomic E-state index is 15.4. The molecule has 11 nitrogen and oxygen atoms in total. The summed E-state index contributed by atoms with van der Waals surface area (Å²) in [6.45, 7) is 1.01. The van der Waals surface area contributed by atoms with Crippen molar-refractivity contribution in [3.63, 3.8) is 0 Å². The van der Waals surface area contributed by atoms with E-state index in [0.29, 0.717) is 0 Å². The molecular weight excluding hydrogens is 477 g/mol. The van der Waals surface area contributed by atoms with Crippen molar-refractivity contribution in [1.29, 1.82) is 0 Å². The van der Waals surface area contributed by atoms with E-state index in [1.54, 1.807) is 0 Å². The van der Waals surface area contributed by atoms with Crippen molar-refractivity contribution < 1.29 is 44.0 Å². The molecule has 0 spiro atoms. The van der Waals surface area contributed by atoms with Crippen LogP contribution in [0.2, 0.25) is 0 Å². The number of phenols is 1. The summed E-state index contributed by atoms with van der Waals surface area (Å²) in [6.07, 6.45) is -0.330. The smallest absolute Gasteiger partial charge is 0.255 e. The molecule has 1 aromatic rings. The number of likely N-dealkylation sites (N-methyl/N-ethyl adjacent to an activating group) is 1. The number of aliphatic hydroxyl groups is 3. The molecule has 0 saturated heterocycles. The van der Waals surface area contributed by atoms with Crippen molar-refractivity contribution in [3.05, 3.63) is 51.2 Å². The lowest BCUT2D eigenvalue weighted by Crippen LogP contribution is -2.63. The van der Waals surface area contributed by atoms with Gasteiger partial charge in [0.15, 0.2) is 11.4 Å². The van der Waals surface area contributed by atoms with E-state index in [2.05, 4.69) is 5.32 Å². The third kappa shape index (κ3) is 3.39. The van der Waals surface area contributed by atoms with Crippen LogP contribution in [-0.2, 0) is 27.3 Å². The van der Waals surface area contributed by atoms with Gasteiger partial charge in [-0.1, -0.05) is 0 Å². The molecule has 12 heteroatoms. The molecule has 0 fully saturated rings. The summed E-state index contributed by atoms with van der Waals surface area (Å²) in [7, 11) is 3.03. The molecular formula is C24H26FN3O8. The Morgan fingerprint density at radius 2 is 1.89 bits per heavy atom. The highest BCUT2D eigenvalue weighted by atomic mass is 19.1. The molecule has 3 aliphatic rings. The van der Waals surface area contributed by atoms with Gasteiger partial charge in [0.05, 0.1) is 11.6 Å². The molecule has 1 aromatic carbocycles. The molecule has 36 heavy (non-hydrogen) atoms. The number of hydrogen-bond acceptors (Lipinski definition) is 9. The van der Waals surface area contributed by atoms with Gasteiger partial charge in [-0.25, -0.2) is 4.39 Å². The van der Waals surface area contributed by atoms with Crippen molar-refractivity contribution in [2.75, 3.05) is 14.1 Å². The summed E-state index contributed by atoms with van der Waals surface area (Å²) in [5, 5.41) is 46.4. The zero-order valence-electron chi connectivity index (χ0n) is 19.8. The van der Waals surface area contributed by atoms with E-state index in [1.165, 1.54) is 25.9 Å². The molecule has 4 rings (SSSR count). The van der Waals surface area contributed by atoms with Crippen LogP contribution in [0.25, 0.3) is 0 Å². The van der Waals surface area contributed by atoms with Crippen molar-refractivity contribution in [2.24, 2.45) is 17.6 Å². The first-order chi connectivity index (χ1) is 16.7. The SMILES string of the molecule is CC(=O)NCc1cc(O)c2c(c1F)C[C@H]1C[C@H]3[C@H](N(C)C)C(O)=C(C(N)=O)C(=O)[C@@]3(O)C(O)=C1C2=O. The number of nitrogens with zero attached hydrogens (tertiary/aromatic N) is 1. The lowest BCUT2D eigenvalue weighted by molar-refractivity contribution is -0.148. The fraction of sp³-hybridized carbons (Fsp3) is 0.417. The average molecular weight is 503 g/mol. The molecule has 0 aliphatic heterocycles. The molecule has 0 unspecified atom stereocenters. The van der Waals surface area contributed by atoms with Gasteiger partial charge in [0, 0.05) is 36.1 Å². The number of amides is 2. The van der Waals surface area contributed by atoms with Crippen molar-refractivity contribution in [1.82, 2.24) is 10.2 Å². The number of halogens is 1. The van der Waals surface area contributed by atoms with E-state index < -0.39 is 81.1 Å². The standard InChI is InChI=1S/C24H26FN3O8/c1-8(29)27-7-10-6-13(30)15-11(17(10)25)4-9-5-12-18(28(2)3)20(32)16(23(26)35)22(34)24(12,36)21(33)14(9)19(15)31/h6,9,12,18,30,32-33,36H,4-5,7H2,1-3H3,(H2,26,35)(H,27,29)/t9-,12-,18-,24-/m0/s1. The first-order valence-electron chi connectivity index (χ1n) is 11.2. The predicted octanol–water partition coefficient (Wildman–Crippen LogP) is -0.104. The number of nitrogens with one attached hydrogen (secondary N) is 1. The molecule has 0 bridgehead atoms. The fourth-order valence-corrected chi connectivity index (χ4v) is 5.70. The van der Waals surface area contributed by atoms with Gasteiger partial charge in [0.1, 0.15) is 28.7 Å². The molecule has 0 radical (unpaired) electrons. The summed E-state index contributed by atoms with van der Waals surface area (Å²) in [5.74, 6) is -9.29. The van der Waals surface area contributed by atoms with Crippen molar-refractivity contribution >= 4 is 23.4 Å². The van der Waals surface area contributed by atoms with Gasteiger partial charge < -0.3 is 31.5 Å². The number of carbonyl (C=O) groups excluding carboxylic acids is 4. The number of fused-ring (bicyclic) bond motifs is 3. The van der Waals surface area contributed by atoms with Gasteiger partial charge in [0.25, 0.3) is 5.91 Å². The molecule has 2 amide bonds. The Labute approximate surface area is 204 Å². The maximum Gasteiger partial charge on any atom is 0.255 e. The van der Waals surface area contributed by atoms with Gasteiger partial charge in [-0.3, -0.25) is 24.1 Å². The summed E-state index contributed by atoms with van der Waals surface area (Å²) >= 11 is 0. The van der Waals surface area contributed by atoms with Crippen molar-refractivity contribution in [2.45, 2.75) is 38.0 Å². The van der Waals surface area contributed by atoms with Crippen LogP contribution in [0.5, 0.6) is 5.75 Å². The number of ketones is 2. The van der Waals surface area contributed by atoms with Crippen LogP contribution in [0.15, 0.2) is 28.7 Å². The number of primary amides is 1. The van der Waals surface area contributed by atoms with E-state index >= 15 is 4.39 Å². The summed E-state index contributed by atoms with van der Waals surface area (Å²) in [4.78, 5) is 51.3. The minimum atomic E-state index is -2.76. The van der Waals surface area contributed by atoms with Gasteiger partial charge in [-0.05, 0) is 38.9 Å². The van der Waals surface area contributed by atoms with Crippen LogP contribution < -0.4 is 11.1 Å². The topological polar surface area (TPSA) is 190 Å². The van der Waals surface area contributed by atoms with E-state index in [1.807, 2.05) is 0 Å². The van der Waals surface area contributed by atoms with Crippen LogP contribution in [0.1, 0.15) is 34.8 Å². The number of nitrogens with two attached hydrogens (primary N) is 1. The fourth-order valence-electron chi connectivity index (χ4n) is 5.70. The monoisotopic (exact) mass is 503 g/mol. The van der Waals surface area contributed by atoms with Gasteiger partial charge in [-0.15, -0.1) is 0 Å². The predicted molar refractivity (Wildman–Crippen MR) is 121 cm³/mol. The first-order valence-corrected chi connectivity index (χ1v) is 11.2. The van der Waals surface area contributed by atoms with Gasteiger partial charge in [-0.2, -0.15) is 0 Å². The summed E-state index contributed by atoms with van der Waals surface area (Å²) in [5.41, 5.74) is 0.629. The van der Waals surface area contributed by atoms with Crippen molar-refractivity contribution in [3.8, 4) is 5.75 Å². The van der Waals surface area contributed by atoms with Gasteiger partial charge >= 0.3 is 0 Å². The molecule has 7 N–H and O–H groups in total. The number of phenolic OH excluding ortho intramolecular Hbond substituents is 1. The molecule has 192 valence electrons. The third-order valence-corrected chi connectivity index (χ3v) is 7.26. The Balaban J connectivity index is 1.91. The number of hydrogen-bond donors (Lipinski definition) is 6. The van der Waals surface area contributed by atoms with Crippen LogP contribution in [-0.4, -0.2) is 74.4 Å². The Morgan fingerprint density at radius 1 is 1.25 bits per heavy atom. The Bertz CT molecular complexity index is 1300. The molecule has 0 saturated carbocycles. The second-order valence-electron chi connectivity index (χ2n) is 9.60. The zero-order valence-corrected chi connectivity index (χ0v) is 19.8. The Kier molecular flexibility index (Phi) is 5.92. The average Bonchev–Trinajstić information content (AvgIpc) is 2.77. The van der Waals surface area contributed by atoms with E-state index in [4.69, 9.17) is 5.73 Å². The minimum absolute atomic E-state index is 0.0519. The Morgan fingerprint density at radius 3 is 2.44 bits per heavy atom. The highest BCUT2D eigenvalue weighted by Gasteiger charge is 2.63. The lowest BCUT2D eigenvalue weighted by atomic mass is 9.58. The molecule has 0 aromatic heterocycles. The number of allylic oxidation sites excluding steroid dienone is 1. The Hall–Kier alpha value is -3.77. The number of aliphatic hydroxyl groups excluding tert-OH is 2. The first kappa shape index (κ1) is 25.3. The van der Waals surface area contributed by atoms with Crippen LogP contribution in [0.3, 0.4) is 0 Å². The van der Waals surface area contributed by atoms with E-state index in [9.17, 15) is 39.6 Å². The number of benzene rings is 1. The molecule has 3 aliphatic carbocycles. The highest BCUT2D eigenvalue weighted by molar-refractivity contribution is 6.24. The molecule has 4 atom stereocenters. The summed E-state index contributed by atoms with van der Waals surface area (Å²) in [6, 6.07) is -0.153. The quantitative estimate of drug-likeness (QED) is 0.305. The number of aromatic hydroxyl groups is 1. The highest BCUT2D eigenvalue weighted by Crippen LogP contribution is 2.52. The maximum absolute atomic E-state index is 15.4. The summed E-state index contributed by atoms with van der Waals surface area (Å²) < 4.78 is 15.4. The third-order valence-electron chi connectivity index (χ3n) is 7.26. The molecule has 0 heterocycles. The number of Topliss-reactive ketones (excluding diaryl/α,β-unsaturated/α-hetero) is 2. The number of carbonyl (C=O) groups is 4. The largest absolute Gasteiger partial charge is 0.510 e. The lowest BCUT2D eigenvalue weighted by Gasteiger charge is -2.50.